The van der Waals surface area contributed by atoms with Gasteiger partial charge in [-0.25, -0.2) is 19.6 Å². The predicted octanol–water partition coefficient (Wildman–Crippen LogP) is 1.25. The van der Waals surface area contributed by atoms with Crippen molar-refractivity contribution in [1.82, 2.24) is 14.7 Å². The molecule has 0 aliphatic carbocycles. The van der Waals surface area contributed by atoms with Gasteiger partial charge in [0.2, 0.25) is 5.28 Å². The Hall–Kier alpha value is -1.60. The predicted molar refractivity (Wildman–Crippen MR) is 62.7 cm³/mol. The van der Waals surface area contributed by atoms with Gasteiger partial charge in [0, 0.05) is 0 Å². The molecule has 7 nitrogen and oxygen atoms in total. The highest BCUT2D eigenvalue weighted by Gasteiger charge is 2.18. The Bertz CT molecular complexity index is 664. The molecule has 0 bridgehead atoms. The lowest BCUT2D eigenvalue weighted by molar-refractivity contribution is -0.144. The second-order valence-electron chi connectivity index (χ2n) is 3.20. The Balaban J connectivity index is 2.53. The fraction of sp³-hybridized carbons (Fsp3) is 0.333. The van der Waals surface area contributed by atoms with E-state index in [0.29, 0.717) is 0 Å². The van der Waals surface area contributed by atoms with Gasteiger partial charge in [0.1, 0.15) is 5.52 Å². The molecule has 0 aliphatic heterocycles. The van der Waals surface area contributed by atoms with Gasteiger partial charge >= 0.3 is 11.6 Å². The molecule has 96 valence electrons. The first-order chi connectivity index (χ1) is 8.52. The molecular weight excluding hydrogens is 285 g/mol. The van der Waals surface area contributed by atoms with Crippen LogP contribution in [0.1, 0.15) is 6.92 Å². The van der Waals surface area contributed by atoms with Crippen LogP contribution in [0.4, 0.5) is 0 Å². The van der Waals surface area contributed by atoms with Gasteiger partial charge in [-0.2, -0.15) is 4.74 Å². The van der Waals surface area contributed by atoms with Crippen molar-refractivity contribution in [2.75, 3.05) is 6.61 Å². The molecule has 0 atom stereocenters. The number of nitrogens with zero attached hydrogens (tertiary/aromatic N) is 3. The van der Waals surface area contributed by atoms with Gasteiger partial charge < -0.3 is 9.26 Å². The molecule has 0 fully saturated rings. The molecule has 2 aromatic heterocycles. The monoisotopic (exact) mass is 291 g/mol. The Kier molecular flexibility index (Phi) is 3.53. The van der Waals surface area contributed by atoms with Crippen LogP contribution >= 0.6 is 23.2 Å². The molecule has 0 radical (unpaired) electrons. The van der Waals surface area contributed by atoms with Crippen molar-refractivity contribution in [1.29, 1.82) is 0 Å². The number of rotatable bonds is 3. The summed E-state index contributed by atoms with van der Waals surface area (Å²) in [5.41, 5.74) is -0.719. The minimum absolute atomic E-state index is 0.0693. The smallest absolute Gasteiger partial charge is 0.383 e. The van der Waals surface area contributed by atoms with E-state index >= 15 is 0 Å². The molecule has 9 heteroatoms. The van der Waals surface area contributed by atoms with Crippen LogP contribution in [0.15, 0.2) is 9.32 Å². The second-order valence-corrected chi connectivity index (χ2v) is 3.90. The number of carbonyl (C=O) groups is 1. The minimum Gasteiger partial charge on any atom is -0.465 e. The number of esters is 1. The van der Waals surface area contributed by atoms with Gasteiger partial charge in [-0.3, -0.25) is 0 Å². The van der Waals surface area contributed by atoms with Gasteiger partial charge in [0.15, 0.2) is 17.2 Å². The van der Waals surface area contributed by atoms with Crippen LogP contribution in [0.25, 0.3) is 11.0 Å². The van der Waals surface area contributed by atoms with Gasteiger partial charge in [0.25, 0.3) is 0 Å². The van der Waals surface area contributed by atoms with Crippen LogP contribution in [-0.4, -0.2) is 27.3 Å². The quantitative estimate of drug-likeness (QED) is 0.480. The molecule has 0 aromatic carbocycles. The van der Waals surface area contributed by atoms with E-state index in [-0.39, 0.29) is 34.6 Å². The largest absolute Gasteiger partial charge is 0.465 e. The van der Waals surface area contributed by atoms with Crippen molar-refractivity contribution in [2.45, 2.75) is 13.5 Å². The Morgan fingerprint density at radius 2 is 2.17 bits per heavy atom. The summed E-state index contributed by atoms with van der Waals surface area (Å²) in [6, 6.07) is 0. The standard InChI is InChI=1S/C9H7Cl2N3O4/c1-2-17-4(15)3-14-6-5(8(16)18-14)12-9(11)13-7(6)10/h2-3H2,1H3. The SMILES string of the molecule is CCOC(=O)Cn1oc(=O)c2nc(Cl)nc(Cl)c21. The fourth-order valence-electron chi connectivity index (χ4n) is 1.39. The number of hydrogen-bond donors (Lipinski definition) is 0. The first-order valence-electron chi connectivity index (χ1n) is 4.91. The lowest BCUT2D eigenvalue weighted by Crippen LogP contribution is -2.13. The molecule has 0 amide bonds. The van der Waals surface area contributed by atoms with Gasteiger partial charge in [0.05, 0.1) is 6.61 Å². The molecular formula is C9H7Cl2N3O4. The summed E-state index contributed by atoms with van der Waals surface area (Å²) in [5.74, 6) is -0.566. The average Bonchev–Trinajstić information content (AvgIpc) is 2.55. The maximum Gasteiger partial charge on any atom is 0.383 e. The normalized spacial score (nSPS) is 10.8. The third-order valence-corrected chi connectivity index (χ3v) is 2.46. The zero-order chi connectivity index (χ0) is 13.3. The van der Waals surface area contributed by atoms with Gasteiger partial charge in [-0.05, 0) is 18.5 Å². The third kappa shape index (κ3) is 2.32. The molecule has 2 heterocycles. The highest BCUT2D eigenvalue weighted by Crippen LogP contribution is 2.20. The lowest BCUT2D eigenvalue weighted by Gasteiger charge is -2.02. The van der Waals surface area contributed by atoms with E-state index in [0.717, 1.165) is 4.74 Å². The van der Waals surface area contributed by atoms with E-state index < -0.39 is 11.6 Å². The summed E-state index contributed by atoms with van der Waals surface area (Å²) >= 11 is 11.4. The molecule has 0 unspecified atom stereocenters. The lowest BCUT2D eigenvalue weighted by atomic mass is 10.4. The summed E-state index contributed by atoms with van der Waals surface area (Å²) in [7, 11) is 0. The highest BCUT2D eigenvalue weighted by molar-refractivity contribution is 6.35. The van der Waals surface area contributed by atoms with Crippen molar-refractivity contribution in [3.63, 3.8) is 0 Å². The summed E-state index contributed by atoms with van der Waals surface area (Å²) in [6.07, 6.45) is 0. The number of aromatic nitrogens is 3. The first-order valence-corrected chi connectivity index (χ1v) is 5.67. The van der Waals surface area contributed by atoms with Crippen molar-refractivity contribution in [3.8, 4) is 0 Å². The molecule has 2 rings (SSSR count). The summed E-state index contributed by atoms with van der Waals surface area (Å²) < 4.78 is 10.5. The molecule has 0 saturated carbocycles. The Labute approximate surface area is 110 Å². The van der Waals surface area contributed by atoms with E-state index in [1.54, 1.807) is 6.92 Å². The second kappa shape index (κ2) is 4.95. The third-order valence-electron chi connectivity index (χ3n) is 2.03. The van der Waals surface area contributed by atoms with Gasteiger partial charge in [-0.15, -0.1) is 0 Å². The van der Waals surface area contributed by atoms with Crippen molar-refractivity contribution >= 4 is 40.2 Å². The number of carbonyl (C=O) groups excluding carboxylic acids is 1. The fourth-order valence-corrected chi connectivity index (χ4v) is 1.87. The van der Waals surface area contributed by atoms with Crippen molar-refractivity contribution < 1.29 is 14.1 Å². The van der Waals surface area contributed by atoms with Crippen LogP contribution in [0.5, 0.6) is 0 Å². The van der Waals surface area contributed by atoms with Crippen LogP contribution in [-0.2, 0) is 16.1 Å². The zero-order valence-electron chi connectivity index (χ0n) is 9.14. The number of hydrogen-bond acceptors (Lipinski definition) is 6. The maximum absolute atomic E-state index is 11.5. The van der Waals surface area contributed by atoms with E-state index in [4.69, 9.17) is 32.5 Å². The van der Waals surface area contributed by atoms with Crippen LogP contribution in [0, 0.1) is 0 Å². The molecule has 18 heavy (non-hydrogen) atoms. The Morgan fingerprint density at radius 1 is 1.44 bits per heavy atom. The van der Waals surface area contributed by atoms with Crippen LogP contribution < -0.4 is 5.63 Å². The van der Waals surface area contributed by atoms with Crippen LogP contribution in [0.3, 0.4) is 0 Å². The Morgan fingerprint density at radius 3 is 2.83 bits per heavy atom. The number of halogens is 2. The van der Waals surface area contributed by atoms with Crippen molar-refractivity contribution in [2.24, 2.45) is 0 Å². The summed E-state index contributed by atoms with van der Waals surface area (Å²) in [4.78, 5) is 30.2. The summed E-state index contributed by atoms with van der Waals surface area (Å²) in [6.45, 7) is 1.59. The number of ether oxygens (including phenoxy) is 1. The van der Waals surface area contributed by atoms with E-state index in [2.05, 4.69) is 9.97 Å². The van der Waals surface area contributed by atoms with E-state index in [1.807, 2.05) is 0 Å². The molecule has 0 aliphatic rings. The van der Waals surface area contributed by atoms with Gasteiger partial charge in [-0.1, -0.05) is 11.6 Å². The molecule has 0 saturated heterocycles. The molecule has 0 spiro atoms. The van der Waals surface area contributed by atoms with Crippen molar-refractivity contribution in [3.05, 3.63) is 20.9 Å². The number of fused-ring (bicyclic) bond motifs is 1. The highest BCUT2D eigenvalue weighted by atomic mass is 35.5. The van der Waals surface area contributed by atoms with E-state index in [1.165, 1.54) is 0 Å². The van der Waals surface area contributed by atoms with Crippen LogP contribution in [0.2, 0.25) is 10.4 Å². The molecule has 2 aromatic rings. The zero-order valence-corrected chi connectivity index (χ0v) is 10.7. The van der Waals surface area contributed by atoms with E-state index in [9.17, 15) is 9.59 Å². The first kappa shape index (κ1) is 12.8. The topological polar surface area (TPSA) is 87.2 Å². The average molecular weight is 292 g/mol. The summed E-state index contributed by atoms with van der Waals surface area (Å²) in [5, 5.41) is -0.242. The maximum atomic E-state index is 11.5. The molecule has 0 N–H and O–H groups in total. The minimum atomic E-state index is -0.750.